The van der Waals surface area contributed by atoms with Crippen molar-refractivity contribution in [2.45, 2.75) is 25.4 Å². The fraction of sp³-hybridized carbons (Fsp3) is 0.292. The number of halogens is 7. The molecule has 1 aliphatic rings. The van der Waals surface area contributed by atoms with Gasteiger partial charge < -0.3 is 4.90 Å². The van der Waals surface area contributed by atoms with Crippen LogP contribution in [-0.4, -0.2) is 39.1 Å². The first-order valence-corrected chi connectivity index (χ1v) is 10.7. The normalized spacial score (nSPS) is 14.8. The molecule has 12 heteroatoms. The SMILES string of the molecule is Cn1nnc2nc(N(CC(F)F)c3cc(F)cc(C#CC4(C(F)(F)F)CC4)c3)c3cc(F)ccc3c21. The second kappa shape index (κ2) is 8.36. The van der Waals surface area contributed by atoms with Gasteiger partial charge in [0, 0.05) is 29.1 Å². The molecule has 1 saturated carbocycles. The third kappa shape index (κ3) is 4.19. The average molecular weight is 507 g/mol. The minimum Gasteiger partial charge on any atom is -0.320 e. The largest absolute Gasteiger partial charge is 0.405 e. The summed E-state index contributed by atoms with van der Waals surface area (Å²) in [5.41, 5.74) is -1.90. The first-order chi connectivity index (χ1) is 17.0. The second-order valence-corrected chi connectivity index (χ2v) is 8.54. The Labute approximate surface area is 199 Å². The van der Waals surface area contributed by atoms with Gasteiger partial charge in [-0.15, -0.1) is 5.10 Å². The second-order valence-electron chi connectivity index (χ2n) is 8.54. The van der Waals surface area contributed by atoms with Gasteiger partial charge in [-0.2, -0.15) is 13.2 Å². The summed E-state index contributed by atoms with van der Waals surface area (Å²) in [6.45, 7) is -0.965. The Balaban J connectivity index is 1.68. The van der Waals surface area contributed by atoms with E-state index in [1.807, 2.05) is 0 Å². The molecule has 5 nitrogen and oxygen atoms in total. The zero-order valence-corrected chi connectivity index (χ0v) is 18.5. The first-order valence-electron chi connectivity index (χ1n) is 10.7. The Morgan fingerprint density at radius 1 is 1.06 bits per heavy atom. The van der Waals surface area contributed by atoms with E-state index in [0.29, 0.717) is 10.9 Å². The number of hydrogen-bond acceptors (Lipinski definition) is 4. The van der Waals surface area contributed by atoms with Crippen molar-refractivity contribution in [2.75, 3.05) is 11.4 Å². The van der Waals surface area contributed by atoms with Crippen LogP contribution in [0.3, 0.4) is 0 Å². The monoisotopic (exact) mass is 507 g/mol. The van der Waals surface area contributed by atoms with E-state index in [9.17, 15) is 30.7 Å². The smallest absolute Gasteiger partial charge is 0.320 e. The van der Waals surface area contributed by atoms with E-state index < -0.39 is 36.2 Å². The molecule has 0 aliphatic heterocycles. The summed E-state index contributed by atoms with van der Waals surface area (Å²) in [6.07, 6.45) is -7.78. The van der Waals surface area contributed by atoms with E-state index in [0.717, 1.165) is 23.1 Å². The molecule has 1 aliphatic carbocycles. The van der Waals surface area contributed by atoms with Gasteiger partial charge >= 0.3 is 6.18 Å². The third-order valence-corrected chi connectivity index (χ3v) is 6.01. The lowest BCUT2D eigenvalue weighted by molar-refractivity contribution is -0.168. The predicted molar refractivity (Wildman–Crippen MR) is 118 cm³/mol. The Morgan fingerprint density at radius 2 is 1.81 bits per heavy atom. The molecule has 1 fully saturated rings. The zero-order chi connectivity index (χ0) is 25.8. The van der Waals surface area contributed by atoms with Crippen molar-refractivity contribution in [2.24, 2.45) is 12.5 Å². The van der Waals surface area contributed by atoms with E-state index in [1.54, 1.807) is 7.05 Å². The van der Waals surface area contributed by atoms with E-state index in [4.69, 9.17) is 0 Å². The van der Waals surface area contributed by atoms with Crippen LogP contribution in [0.4, 0.5) is 42.2 Å². The molecule has 0 radical (unpaired) electrons. The van der Waals surface area contributed by atoms with Gasteiger partial charge in [0.25, 0.3) is 6.43 Å². The lowest BCUT2D eigenvalue weighted by Crippen LogP contribution is -2.25. The van der Waals surface area contributed by atoms with Crippen molar-refractivity contribution in [3.63, 3.8) is 0 Å². The maximum Gasteiger partial charge on any atom is 0.405 e. The topological polar surface area (TPSA) is 46.8 Å². The van der Waals surface area contributed by atoms with Crippen molar-refractivity contribution in [3.05, 3.63) is 53.6 Å². The van der Waals surface area contributed by atoms with Crippen molar-refractivity contribution >= 4 is 33.4 Å². The highest BCUT2D eigenvalue weighted by Crippen LogP contribution is 2.57. The van der Waals surface area contributed by atoms with E-state index in [2.05, 4.69) is 27.1 Å². The Morgan fingerprint density at radius 3 is 2.47 bits per heavy atom. The summed E-state index contributed by atoms with van der Waals surface area (Å²) < 4.78 is 97.2. The number of anilines is 2. The maximum atomic E-state index is 14.5. The molecule has 0 saturated heterocycles. The van der Waals surface area contributed by atoms with Crippen LogP contribution in [0, 0.1) is 28.9 Å². The minimum absolute atomic E-state index is 0.0862. The standard InChI is InChI=1S/C24H16F7N5/c1-35-20-17-3-2-14(25)11-18(17)22(32-21(20)33-34-35)36(12-19(27)28)16-9-13(8-15(26)10-16)4-5-23(6-7-23)24(29,30)31/h2-3,8-11,19H,6-7,12H2,1H3. The van der Waals surface area contributed by atoms with Gasteiger partial charge in [0.1, 0.15) is 28.4 Å². The molecule has 4 aromatic rings. The fourth-order valence-electron chi connectivity index (χ4n) is 4.04. The molecule has 36 heavy (non-hydrogen) atoms. The summed E-state index contributed by atoms with van der Waals surface area (Å²) in [6, 6.07) is 6.75. The third-order valence-electron chi connectivity index (χ3n) is 6.01. The quantitative estimate of drug-likeness (QED) is 0.255. The number of pyridine rings is 1. The van der Waals surface area contributed by atoms with Crippen LogP contribution in [0.5, 0.6) is 0 Å². The Hall–Kier alpha value is -3.88. The first kappa shape index (κ1) is 23.8. The summed E-state index contributed by atoms with van der Waals surface area (Å²) in [7, 11) is 1.58. The highest BCUT2D eigenvalue weighted by atomic mass is 19.4. The number of hydrogen-bond donors (Lipinski definition) is 0. The number of nitrogens with zero attached hydrogens (tertiary/aromatic N) is 5. The van der Waals surface area contributed by atoms with Crippen LogP contribution in [-0.2, 0) is 7.05 Å². The molecule has 0 unspecified atom stereocenters. The highest BCUT2D eigenvalue weighted by Gasteiger charge is 2.62. The maximum absolute atomic E-state index is 14.5. The van der Waals surface area contributed by atoms with Crippen LogP contribution >= 0.6 is 0 Å². The number of rotatable bonds is 4. The van der Waals surface area contributed by atoms with E-state index in [1.165, 1.54) is 22.9 Å². The Bertz CT molecular complexity index is 1540. The number of benzene rings is 2. The molecule has 0 spiro atoms. The number of alkyl halides is 5. The fourth-order valence-corrected chi connectivity index (χ4v) is 4.04. The van der Waals surface area contributed by atoms with Crippen molar-refractivity contribution < 1.29 is 30.7 Å². The Kier molecular flexibility index (Phi) is 5.54. The van der Waals surface area contributed by atoms with Gasteiger partial charge in [-0.1, -0.05) is 17.1 Å². The van der Waals surface area contributed by atoms with Crippen LogP contribution in [0.2, 0.25) is 0 Å². The zero-order valence-electron chi connectivity index (χ0n) is 18.5. The summed E-state index contributed by atoms with van der Waals surface area (Å²) in [5, 5.41) is 8.35. The van der Waals surface area contributed by atoms with Crippen LogP contribution in [0.15, 0.2) is 36.4 Å². The average Bonchev–Trinajstić information content (AvgIpc) is 3.52. The molecular formula is C24H16F7N5. The van der Waals surface area contributed by atoms with Gasteiger partial charge in [-0.3, -0.25) is 0 Å². The molecule has 2 heterocycles. The molecule has 0 N–H and O–H groups in total. The van der Waals surface area contributed by atoms with Crippen molar-refractivity contribution in [1.82, 2.24) is 20.0 Å². The molecule has 186 valence electrons. The number of aryl methyl sites for hydroxylation is 1. The van der Waals surface area contributed by atoms with Crippen LogP contribution in [0.1, 0.15) is 18.4 Å². The summed E-state index contributed by atoms with van der Waals surface area (Å²) in [4.78, 5) is 5.27. The van der Waals surface area contributed by atoms with Crippen LogP contribution in [0.25, 0.3) is 21.9 Å². The molecule has 0 atom stereocenters. The molecule has 2 aromatic heterocycles. The van der Waals surface area contributed by atoms with Crippen molar-refractivity contribution in [3.8, 4) is 11.8 Å². The molecule has 0 bridgehead atoms. The van der Waals surface area contributed by atoms with Gasteiger partial charge in [0.15, 0.2) is 0 Å². The molecule has 0 amide bonds. The van der Waals surface area contributed by atoms with Gasteiger partial charge in [-0.05, 0) is 49.2 Å². The predicted octanol–water partition coefficient (Wildman–Crippen LogP) is 5.89. The summed E-state index contributed by atoms with van der Waals surface area (Å²) >= 11 is 0. The minimum atomic E-state index is -4.53. The summed E-state index contributed by atoms with van der Waals surface area (Å²) in [5.74, 6) is 2.81. The van der Waals surface area contributed by atoms with E-state index in [-0.39, 0.29) is 40.9 Å². The number of aromatic nitrogens is 4. The molecular weight excluding hydrogens is 491 g/mol. The highest BCUT2D eigenvalue weighted by molar-refractivity contribution is 6.08. The van der Waals surface area contributed by atoms with Gasteiger partial charge in [0.2, 0.25) is 5.65 Å². The van der Waals surface area contributed by atoms with Crippen LogP contribution < -0.4 is 4.90 Å². The van der Waals surface area contributed by atoms with Gasteiger partial charge in [-0.25, -0.2) is 27.2 Å². The lowest BCUT2D eigenvalue weighted by atomic mass is 10.1. The molecule has 2 aromatic carbocycles. The lowest BCUT2D eigenvalue weighted by Gasteiger charge is -2.25. The van der Waals surface area contributed by atoms with Gasteiger partial charge in [0.05, 0.1) is 6.54 Å². The van der Waals surface area contributed by atoms with Crippen molar-refractivity contribution in [1.29, 1.82) is 0 Å². The number of fused-ring (bicyclic) bond motifs is 3. The molecule has 5 rings (SSSR count). The van der Waals surface area contributed by atoms with E-state index >= 15 is 0 Å².